The predicted octanol–water partition coefficient (Wildman–Crippen LogP) is 4.36. The number of hydrogen-bond acceptors (Lipinski definition) is 6. The van der Waals surface area contributed by atoms with Gasteiger partial charge in [-0.25, -0.2) is 9.88 Å². The molecule has 1 aromatic heterocycles. The van der Waals surface area contributed by atoms with Gasteiger partial charge in [-0.15, -0.1) is 0 Å². The maximum absolute atomic E-state index is 13.0. The molecular formula is C24H19N3O3S. The van der Waals surface area contributed by atoms with Crippen molar-refractivity contribution < 1.29 is 14.3 Å². The number of ether oxygens (including phenoxy) is 1. The van der Waals surface area contributed by atoms with E-state index in [4.69, 9.17) is 4.74 Å². The third-order valence-electron chi connectivity index (χ3n) is 5.02. The molecule has 154 valence electrons. The Morgan fingerprint density at radius 3 is 2.42 bits per heavy atom. The molecule has 0 saturated carbocycles. The number of hydrogen-bond donors (Lipinski definition) is 0. The van der Waals surface area contributed by atoms with Gasteiger partial charge in [0.05, 0.1) is 29.3 Å². The normalized spacial score (nSPS) is 15.8. The van der Waals surface area contributed by atoms with Crippen molar-refractivity contribution in [1.82, 2.24) is 4.98 Å². The number of pyridine rings is 1. The molecule has 3 aromatic rings. The first-order valence-electron chi connectivity index (χ1n) is 9.66. The molecule has 4 rings (SSSR count). The van der Waals surface area contributed by atoms with Crippen molar-refractivity contribution >= 4 is 29.3 Å². The highest BCUT2D eigenvalue weighted by Gasteiger charge is 2.40. The standard InChI is InChI=1S/C24H19N3O3S/c1-15-3-8-18(9-4-15)27-22(28)13-21(24(27)29)31-23-17(14-25)7-12-20(26-23)16-5-10-19(30-2)11-6-16/h3-12,21H,13H2,1-2H3. The Kier molecular flexibility index (Phi) is 5.74. The Labute approximate surface area is 184 Å². The zero-order valence-electron chi connectivity index (χ0n) is 17.0. The van der Waals surface area contributed by atoms with Gasteiger partial charge in [0, 0.05) is 12.0 Å². The Balaban J connectivity index is 1.61. The van der Waals surface area contributed by atoms with Crippen molar-refractivity contribution in [2.45, 2.75) is 23.6 Å². The fraction of sp³-hybridized carbons (Fsp3) is 0.167. The summed E-state index contributed by atoms with van der Waals surface area (Å²) in [6, 6.07) is 20.3. The summed E-state index contributed by atoms with van der Waals surface area (Å²) in [7, 11) is 1.60. The van der Waals surface area contributed by atoms with E-state index in [0.29, 0.717) is 22.0 Å². The number of rotatable bonds is 5. The minimum Gasteiger partial charge on any atom is -0.497 e. The highest BCUT2D eigenvalue weighted by atomic mass is 32.2. The van der Waals surface area contributed by atoms with Gasteiger partial charge >= 0.3 is 0 Å². The number of carbonyl (C=O) groups excluding carboxylic acids is 2. The summed E-state index contributed by atoms with van der Waals surface area (Å²) >= 11 is 1.16. The molecular weight excluding hydrogens is 410 g/mol. The second-order valence-electron chi connectivity index (χ2n) is 7.10. The summed E-state index contributed by atoms with van der Waals surface area (Å²) < 4.78 is 5.19. The molecule has 2 amide bonds. The molecule has 0 bridgehead atoms. The van der Waals surface area contributed by atoms with Crippen molar-refractivity contribution in [3.8, 4) is 23.1 Å². The van der Waals surface area contributed by atoms with E-state index >= 15 is 0 Å². The lowest BCUT2D eigenvalue weighted by molar-refractivity contribution is -0.121. The number of amides is 2. The van der Waals surface area contributed by atoms with Crippen LogP contribution in [-0.4, -0.2) is 29.2 Å². The fourth-order valence-electron chi connectivity index (χ4n) is 3.33. The van der Waals surface area contributed by atoms with Crippen LogP contribution in [0.3, 0.4) is 0 Å². The summed E-state index contributed by atoms with van der Waals surface area (Å²) in [5.41, 5.74) is 3.52. The van der Waals surface area contributed by atoms with Gasteiger partial charge in [-0.3, -0.25) is 9.59 Å². The van der Waals surface area contributed by atoms with E-state index in [9.17, 15) is 14.9 Å². The van der Waals surface area contributed by atoms with E-state index in [0.717, 1.165) is 28.6 Å². The molecule has 0 spiro atoms. The van der Waals surface area contributed by atoms with Crippen LogP contribution in [0.2, 0.25) is 0 Å². The zero-order valence-corrected chi connectivity index (χ0v) is 17.8. The SMILES string of the molecule is COc1ccc(-c2ccc(C#N)c(SC3CC(=O)N(c4ccc(C)cc4)C3=O)n2)cc1. The molecule has 2 aromatic carbocycles. The van der Waals surface area contributed by atoms with Gasteiger partial charge < -0.3 is 4.74 Å². The average Bonchev–Trinajstić information content (AvgIpc) is 3.07. The minimum atomic E-state index is -0.625. The first-order chi connectivity index (χ1) is 15.0. The van der Waals surface area contributed by atoms with Crippen molar-refractivity contribution in [3.63, 3.8) is 0 Å². The topological polar surface area (TPSA) is 83.3 Å². The van der Waals surface area contributed by atoms with Gasteiger partial charge in [-0.05, 0) is 55.5 Å². The second-order valence-corrected chi connectivity index (χ2v) is 8.29. The lowest BCUT2D eigenvalue weighted by atomic mass is 10.1. The number of anilines is 1. The molecule has 2 heterocycles. The van der Waals surface area contributed by atoms with Crippen LogP contribution in [0, 0.1) is 18.3 Å². The number of methoxy groups -OCH3 is 1. The average molecular weight is 430 g/mol. The number of benzene rings is 2. The summed E-state index contributed by atoms with van der Waals surface area (Å²) in [5.74, 6) is 0.189. The van der Waals surface area contributed by atoms with Crippen LogP contribution >= 0.6 is 11.8 Å². The summed E-state index contributed by atoms with van der Waals surface area (Å²) in [5, 5.41) is 9.33. The second kappa shape index (κ2) is 8.62. The number of carbonyl (C=O) groups is 2. The van der Waals surface area contributed by atoms with Crippen LogP contribution in [-0.2, 0) is 9.59 Å². The Hall–Kier alpha value is -3.63. The molecule has 1 fully saturated rings. The number of imide groups is 1. The molecule has 0 N–H and O–H groups in total. The van der Waals surface area contributed by atoms with E-state index in [1.54, 1.807) is 31.4 Å². The van der Waals surface area contributed by atoms with E-state index < -0.39 is 5.25 Å². The van der Waals surface area contributed by atoms with E-state index in [1.807, 2.05) is 43.3 Å². The van der Waals surface area contributed by atoms with E-state index in [2.05, 4.69) is 11.1 Å². The highest BCUT2D eigenvalue weighted by molar-refractivity contribution is 8.00. The number of thioether (sulfide) groups is 1. The molecule has 1 atom stereocenters. The number of nitrogens with zero attached hydrogens (tertiary/aromatic N) is 3. The van der Waals surface area contributed by atoms with Gasteiger partial charge in [0.2, 0.25) is 11.8 Å². The quantitative estimate of drug-likeness (QED) is 0.561. The van der Waals surface area contributed by atoms with E-state index in [-0.39, 0.29) is 18.2 Å². The summed E-state index contributed by atoms with van der Waals surface area (Å²) in [6.07, 6.45) is 0.0662. The Morgan fingerprint density at radius 2 is 1.77 bits per heavy atom. The Bertz CT molecular complexity index is 1180. The van der Waals surface area contributed by atoms with Crippen molar-refractivity contribution in [1.29, 1.82) is 5.26 Å². The third kappa shape index (κ3) is 4.16. The molecule has 1 unspecified atom stereocenters. The van der Waals surface area contributed by atoms with E-state index in [1.165, 1.54) is 4.90 Å². The lowest BCUT2D eigenvalue weighted by Gasteiger charge is -2.15. The van der Waals surface area contributed by atoms with Gasteiger partial charge in [-0.1, -0.05) is 29.5 Å². The number of aromatic nitrogens is 1. The maximum atomic E-state index is 13.0. The first-order valence-corrected chi connectivity index (χ1v) is 10.5. The summed E-state index contributed by atoms with van der Waals surface area (Å²) in [6.45, 7) is 1.95. The monoisotopic (exact) mass is 429 g/mol. The molecule has 1 saturated heterocycles. The van der Waals surface area contributed by atoms with Crippen molar-refractivity contribution in [2.24, 2.45) is 0 Å². The van der Waals surface area contributed by atoms with Crippen LogP contribution in [0.15, 0.2) is 65.7 Å². The van der Waals surface area contributed by atoms with Gasteiger partial charge in [-0.2, -0.15) is 5.26 Å². The lowest BCUT2D eigenvalue weighted by Crippen LogP contribution is -2.31. The van der Waals surface area contributed by atoms with Crippen LogP contribution in [0.5, 0.6) is 5.75 Å². The maximum Gasteiger partial charge on any atom is 0.247 e. The fourth-order valence-corrected chi connectivity index (χ4v) is 4.43. The molecule has 7 heteroatoms. The van der Waals surface area contributed by atoms with Crippen molar-refractivity contribution in [3.05, 3.63) is 71.8 Å². The predicted molar refractivity (Wildman–Crippen MR) is 119 cm³/mol. The van der Waals surface area contributed by atoms with Crippen LogP contribution in [0.1, 0.15) is 17.5 Å². The van der Waals surface area contributed by atoms with Crippen LogP contribution in [0.25, 0.3) is 11.3 Å². The molecule has 0 radical (unpaired) electrons. The first kappa shape index (κ1) is 20.6. The summed E-state index contributed by atoms with van der Waals surface area (Å²) in [4.78, 5) is 31.4. The highest BCUT2D eigenvalue weighted by Crippen LogP contribution is 2.35. The van der Waals surface area contributed by atoms with Crippen LogP contribution in [0.4, 0.5) is 5.69 Å². The van der Waals surface area contributed by atoms with Crippen LogP contribution < -0.4 is 9.64 Å². The number of aryl methyl sites for hydroxylation is 1. The molecule has 0 aliphatic carbocycles. The smallest absolute Gasteiger partial charge is 0.247 e. The molecule has 6 nitrogen and oxygen atoms in total. The molecule has 1 aliphatic rings. The Morgan fingerprint density at radius 1 is 1.06 bits per heavy atom. The van der Waals surface area contributed by atoms with Gasteiger partial charge in [0.25, 0.3) is 0 Å². The third-order valence-corrected chi connectivity index (χ3v) is 6.21. The van der Waals surface area contributed by atoms with Crippen molar-refractivity contribution in [2.75, 3.05) is 12.0 Å². The van der Waals surface area contributed by atoms with Gasteiger partial charge in [0.1, 0.15) is 16.8 Å². The minimum absolute atomic E-state index is 0.0662. The largest absolute Gasteiger partial charge is 0.497 e. The molecule has 1 aliphatic heterocycles. The number of nitriles is 1. The molecule has 31 heavy (non-hydrogen) atoms. The van der Waals surface area contributed by atoms with Gasteiger partial charge in [0.15, 0.2) is 0 Å². The zero-order chi connectivity index (χ0) is 22.0.